The van der Waals surface area contributed by atoms with Crippen LogP contribution < -0.4 is 0 Å². The molecule has 1 aromatic rings. The first-order chi connectivity index (χ1) is 17.0. The van der Waals surface area contributed by atoms with Crippen molar-refractivity contribution in [3.8, 4) is 0 Å². The van der Waals surface area contributed by atoms with Gasteiger partial charge in [-0.15, -0.1) is 0 Å². The normalized spacial score (nSPS) is 34.1. The summed E-state index contributed by atoms with van der Waals surface area (Å²) in [4.78, 5) is 0. The molecule has 7 atom stereocenters. The summed E-state index contributed by atoms with van der Waals surface area (Å²) in [6, 6.07) is 9.91. The lowest BCUT2D eigenvalue weighted by molar-refractivity contribution is 0.0596. The Labute approximate surface area is 219 Å². The van der Waals surface area contributed by atoms with Gasteiger partial charge in [0.25, 0.3) is 0 Å². The second-order valence-electron chi connectivity index (χ2n) is 12.9. The van der Waals surface area contributed by atoms with E-state index < -0.39 is 17.8 Å². The monoisotopic (exact) mass is 492 g/mol. The van der Waals surface area contributed by atoms with Gasteiger partial charge in [-0.3, -0.25) is 0 Å². The molecular weight excluding hydrogens is 444 g/mol. The summed E-state index contributed by atoms with van der Waals surface area (Å²) < 4.78 is 0. The van der Waals surface area contributed by atoms with E-state index in [-0.39, 0.29) is 5.92 Å². The largest absolute Gasteiger partial charge is 0.392 e. The standard InChI is InChI=1S/C33H48O3/c1-22(11-9-19-32(3,4)36)27-17-18-28-24(14-10-20-33(27,28)5)15-16-26-21-29(34)30(31(35)23(26)2)25-12-7-6-8-13-25/h6-8,12-16,22,27-31,34-36H,9-11,17-21H2,1-5H3/b16-15-/t22-,27-,28-,29-,30+,31-,33-/m1/s1. The Morgan fingerprint density at radius 1 is 1.11 bits per heavy atom. The third-order valence-electron chi connectivity index (χ3n) is 9.81. The summed E-state index contributed by atoms with van der Waals surface area (Å²) in [5, 5.41) is 32.2. The molecule has 1 aromatic carbocycles. The van der Waals surface area contributed by atoms with E-state index in [1.807, 2.05) is 51.1 Å². The molecule has 1 saturated carbocycles. The SMILES string of the molecule is CC1=C(/C=C\C2=CCC[C@@]3(C)[C@@H]2CC[C@@H]3[C@H](C)CCCC(C)(C)O)C[C@@H](O)[C@H](c2ccccc2)[C@@H]1O. The van der Waals surface area contributed by atoms with Gasteiger partial charge >= 0.3 is 0 Å². The number of aliphatic hydroxyl groups is 3. The molecule has 0 spiro atoms. The Morgan fingerprint density at radius 2 is 1.83 bits per heavy atom. The third-order valence-corrected chi connectivity index (χ3v) is 9.81. The fourth-order valence-electron chi connectivity index (χ4n) is 7.70. The topological polar surface area (TPSA) is 60.7 Å². The van der Waals surface area contributed by atoms with Crippen molar-refractivity contribution in [1.29, 1.82) is 0 Å². The van der Waals surface area contributed by atoms with Gasteiger partial charge in [0.2, 0.25) is 0 Å². The quantitative estimate of drug-likeness (QED) is 0.363. The Bertz CT molecular complexity index is 982. The van der Waals surface area contributed by atoms with Crippen LogP contribution in [0.15, 0.2) is 65.3 Å². The van der Waals surface area contributed by atoms with Crippen molar-refractivity contribution in [2.24, 2.45) is 23.2 Å². The number of benzene rings is 1. The molecule has 0 aromatic heterocycles. The predicted octanol–water partition coefficient (Wildman–Crippen LogP) is 7.10. The van der Waals surface area contributed by atoms with Crippen LogP contribution in [0.1, 0.15) is 97.5 Å². The van der Waals surface area contributed by atoms with Crippen LogP contribution in [0.4, 0.5) is 0 Å². The van der Waals surface area contributed by atoms with E-state index in [2.05, 4.69) is 32.1 Å². The van der Waals surface area contributed by atoms with E-state index >= 15 is 0 Å². The lowest BCUT2D eigenvalue weighted by Gasteiger charge is -2.43. The summed E-state index contributed by atoms with van der Waals surface area (Å²) in [7, 11) is 0. The fraction of sp³-hybridized carbons (Fsp3) is 0.636. The van der Waals surface area contributed by atoms with Crippen LogP contribution in [0.3, 0.4) is 0 Å². The lowest BCUT2D eigenvalue weighted by atomic mass is 9.62. The second-order valence-corrected chi connectivity index (χ2v) is 12.9. The first-order valence-corrected chi connectivity index (χ1v) is 14.2. The molecule has 3 nitrogen and oxygen atoms in total. The summed E-state index contributed by atoms with van der Waals surface area (Å²) >= 11 is 0. The minimum Gasteiger partial charge on any atom is -0.392 e. The minimum atomic E-state index is -0.665. The van der Waals surface area contributed by atoms with Crippen molar-refractivity contribution in [2.75, 3.05) is 0 Å². The maximum atomic E-state index is 11.1. The van der Waals surface area contributed by atoms with Crippen LogP contribution in [0.5, 0.6) is 0 Å². The van der Waals surface area contributed by atoms with Gasteiger partial charge in [0.1, 0.15) is 0 Å². The lowest BCUT2D eigenvalue weighted by Crippen LogP contribution is -2.35. The van der Waals surface area contributed by atoms with E-state index in [0.717, 1.165) is 41.9 Å². The van der Waals surface area contributed by atoms with Gasteiger partial charge in [-0.1, -0.05) is 75.2 Å². The van der Waals surface area contributed by atoms with Gasteiger partial charge in [0, 0.05) is 5.92 Å². The molecule has 4 rings (SSSR count). The van der Waals surface area contributed by atoms with Gasteiger partial charge in [-0.05, 0) is 105 Å². The number of aliphatic hydroxyl groups excluding tert-OH is 2. The molecule has 3 aliphatic rings. The molecule has 3 N–H and O–H groups in total. The molecule has 36 heavy (non-hydrogen) atoms. The van der Waals surface area contributed by atoms with Crippen molar-refractivity contribution in [3.05, 3.63) is 70.8 Å². The zero-order valence-electron chi connectivity index (χ0n) is 23.1. The van der Waals surface area contributed by atoms with Crippen LogP contribution in [-0.2, 0) is 0 Å². The van der Waals surface area contributed by atoms with Crippen LogP contribution in [0, 0.1) is 23.2 Å². The summed E-state index contributed by atoms with van der Waals surface area (Å²) in [6.45, 7) is 10.8. The Kier molecular flexibility index (Phi) is 8.34. The number of hydrogen-bond acceptors (Lipinski definition) is 3. The zero-order chi connectivity index (χ0) is 26.1. The van der Waals surface area contributed by atoms with Gasteiger partial charge in [-0.25, -0.2) is 0 Å². The van der Waals surface area contributed by atoms with Crippen molar-refractivity contribution >= 4 is 0 Å². The van der Waals surface area contributed by atoms with Gasteiger partial charge in [0.05, 0.1) is 17.8 Å². The molecule has 198 valence electrons. The van der Waals surface area contributed by atoms with E-state index in [4.69, 9.17) is 0 Å². The highest BCUT2D eigenvalue weighted by atomic mass is 16.3. The summed E-state index contributed by atoms with van der Waals surface area (Å²) in [5.74, 6) is 1.72. The van der Waals surface area contributed by atoms with E-state index in [1.54, 1.807) is 0 Å². The maximum Gasteiger partial charge on any atom is 0.0846 e. The highest BCUT2D eigenvalue weighted by Gasteiger charge is 2.49. The average Bonchev–Trinajstić information content (AvgIpc) is 3.18. The molecule has 0 saturated heterocycles. The molecule has 3 heteroatoms. The number of fused-ring (bicyclic) bond motifs is 1. The van der Waals surface area contributed by atoms with Gasteiger partial charge in [-0.2, -0.15) is 0 Å². The van der Waals surface area contributed by atoms with Gasteiger partial charge in [0.15, 0.2) is 0 Å². The zero-order valence-corrected chi connectivity index (χ0v) is 23.1. The number of hydrogen-bond donors (Lipinski definition) is 3. The van der Waals surface area contributed by atoms with Crippen molar-refractivity contribution < 1.29 is 15.3 Å². The molecule has 0 unspecified atom stereocenters. The number of rotatable bonds is 8. The smallest absolute Gasteiger partial charge is 0.0846 e. The van der Waals surface area contributed by atoms with Crippen molar-refractivity contribution in [2.45, 2.75) is 110 Å². The van der Waals surface area contributed by atoms with Crippen molar-refractivity contribution in [1.82, 2.24) is 0 Å². The summed E-state index contributed by atoms with van der Waals surface area (Å²) in [5.41, 5.74) is 4.26. The predicted molar refractivity (Wildman–Crippen MR) is 149 cm³/mol. The first-order valence-electron chi connectivity index (χ1n) is 14.2. The highest BCUT2D eigenvalue weighted by Crippen LogP contribution is 2.59. The third kappa shape index (κ3) is 5.74. The van der Waals surface area contributed by atoms with E-state index in [1.165, 1.54) is 31.3 Å². The second kappa shape index (κ2) is 11.0. The molecule has 0 amide bonds. The average molecular weight is 493 g/mol. The van der Waals surface area contributed by atoms with Crippen LogP contribution >= 0.6 is 0 Å². The molecule has 0 radical (unpaired) electrons. The highest BCUT2D eigenvalue weighted by molar-refractivity contribution is 5.40. The van der Waals surface area contributed by atoms with Crippen LogP contribution in [0.25, 0.3) is 0 Å². The molecule has 0 heterocycles. The minimum absolute atomic E-state index is 0.269. The van der Waals surface area contributed by atoms with Crippen LogP contribution in [-0.4, -0.2) is 33.1 Å². The molecular formula is C33H48O3. The summed E-state index contributed by atoms with van der Waals surface area (Å²) in [6.07, 6.45) is 14.3. The number of allylic oxidation sites excluding steroid dienone is 4. The molecule has 3 aliphatic carbocycles. The molecule has 0 aliphatic heterocycles. The van der Waals surface area contributed by atoms with Crippen LogP contribution in [0.2, 0.25) is 0 Å². The first kappa shape index (κ1) is 27.4. The van der Waals surface area contributed by atoms with Gasteiger partial charge < -0.3 is 15.3 Å². The Hall–Kier alpha value is -1.68. The fourth-order valence-corrected chi connectivity index (χ4v) is 7.70. The van der Waals surface area contributed by atoms with Crippen molar-refractivity contribution in [3.63, 3.8) is 0 Å². The molecule has 1 fully saturated rings. The van der Waals surface area contributed by atoms with E-state index in [9.17, 15) is 15.3 Å². The Morgan fingerprint density at radius 3 is 2.53 bits per heavy atom. The van der Waals surface area contributed by atoms with E-state index in [0.29, 0.717) is 23.7 Å². The Balaban J connectivity index is 1.46. The molecule has 0 bridgehead atoms. The maximum absolute atomic E-state index is 11.1.